The Morgan fingerprint density at radius 1 is 1.38 bits per heavy atom. The maximum atomic E-state index is 5.69. The Morgan fingerprint density at radius 3 is 2.75 bits per heavy atom. The van der Waals surface area contributed by atoms with Gasteiger partial charge >= 0.3 is 0 Å². The Labute approximate surface area is 101 Å². The van der Waals surface area contributed by atoms with Crippen molar-refractivity contribution in [3.63, 3.8) is 0 Å². The van der Waals surface area contributed by atoms with Gasteiger partial charge in [-0.1, -0.05) is 11.6 Å². The van der Waals surface area contributed by atoms with Crippen molar-refractivity contribution in [1.82, 2.24) is 15.1 Å². The molecule has 4 nitrogen and oxygen atoms in total. The van der Waals surface area contributed by atoms with E-state index in [0.29, 0.717) is 11.2 Å². The van der Waals surface area contributed by atoms with Crippen molar-refractivity contribution in [2.45, 2.75) is 25.4 Å². The quantitative estimate of drug-likeness (QED) is 0.808. The van der Waals surface area contributed by atoms with Crippen LogP contribution in [-0.4, -0.2) is 41.4 Å². The molecule has 2 heterocycles. The molecule has 5 heteroatoms. The molecule has 0 radical (unpaired) electrons. The SMILES string of the molecule is CN(Cc1ccc(Cl)nn1)C1CCOCC1. The van der Waals surface area contributed by atoms with Gasteiger partial charge in [0.05, 0.1) is 5.69 Å². The minimum atomic E-state index is 0.442. The van der Waals surface area contributed by atoms with Crippen molar-refractivity contribution in [2.75, 3.05) is 20.3 Å². The molecule has 0 saturated carbocycles. The highest BCUT2D eigenvalue weighted by Crippen LogP contribution is 2.14. The highest BCUT2D eigenvalue weighted by atomic mass is 35.5. The van der Waals surface area contributed by atoms with Gasteiger partial charge in [-0.3, -0.25) is 4.90 Å². The van der Waals surface area contributed by atoms with E-state index in [0.717, 1.165) is 38.3 Å². The van der Waals surface area contributed by atoms with Crippen LogP contribution in [0.5, 0.6) is 0 Å². The molecule has 1 saturated heterocycles. The van der Waals surface area contributed by atoms with Crippen molar-refractivity contribution in [1.29, 1.82) is 0 Å². The summed E-state index contributed by atoms with van der Waals surface area (Å²) in [6.45, 7) is 2.54. The summed E-state index contributed by atoms with van der Waals surface area (Å²) < 4.78 is 5.34. The predicted molar refractivity (Wildman–Crippen MR) is 62.4 cm³/mol. The number of hydrogen-bond donors (Lipinski definition) is 0. The first kappa shape index (κ1) is 11.8. The van der Waals surface area contributed by atoms with E-state index in [1.165, 1.54) is 0 Å². The van der Waals surface area contributed by atoms with E-state index in [-0.39, 0.29) is 0 Å². The van der Waals surface area contributed by atoms with E-state index in [1.807, 2.05) is 6.07 Å². The average Bonchev–Trinajstić information content (AvgIpc) is 2.33. The largest absolute Gasteiger partial charge is 0.381 e. The van der Waals surface area contributed by atoms with Crippen molar-refractivity contribution < 1.29 is 4.74 Å². The van der Waals surface area contributed by atoms with E-state index in [9.17, 15) is 0 Å². The molecule has 2 rings (SSSR count). The molecule has 0 spiro atoms. The van der Waals surface area contributed by atoms with E-state index in [1.54, 1.807) is 6.07 Å². The number of aromatic nitrogens is 2. The van der Waals surface area contributed by atoms with E-state index >= 15 is 0 Å². The predicted octanol–water partition coefficient (Wildman–Crippen LogP) is 1.74. The number of halogens is 1. The second-order valence-electron chi connectivity index (χ2n) is 4.11. The van der Waals surface area contributed by atoms with E-state index in [2.05, 4.69) is 22.1 Å². The van der Waals surface area contributed by atoms with Gasteiger partial charge < -0.3 is 4.74 Å². The average molecular weight is 242 g/mol. The van der Waals surface area contributed by atoms with Gasteiger partial charge in [-0.25, -0.2) is 0 Å². The summed E-state index contributed by atoms with van der Waals surface area (Å²) in [5.74, 6) is 0. The zero-order valence-electron chi connectivity index (χ0n) is 9.40. The lowest BCUT2D eigenvalue weighted by molar-refractivity contribution is 0.0402. The topological polar surface area (TPSA) is 38.2 Å². The molecule has 0 atom stereocenters. The smallest absolute Gasteiger partial charge is 0.151 e. The Balaban J connectivity index is 1.90. The second-order valence-corrected chi connectivity index (χ2v) is 4.49. The summed E-state index contributed by atoms with van der Waals surface area (Å²) >= 11 is 5.69. The molecule has 1 aliphatic heterocycles. The molecule has 1 aliphatic rings. The normalized spacial score (nSPS) is 17.9. The van der Waals surface area contributed by atoms with Gasteiger partial charge in [0, 0.05) is 25.8 Å². The Hall–Kier alpha value is -0.710. The maximum absolute atomic E-state index is 5.69. The standard InChI is InChI=1S/C11H16ClN3O/c1-15(10-4-6-16-7-5-10)8-9-2-3-11(12)14-13-9/h2-3,10H,4-8H2,1H3. The van der Waals surface area contributed by atoms with Crippen molar-refractivity contribution in [3.05, 3.63) is 23.0 Å². The van der Waals surface area contributed by atoms with Gasteiger partial charge in [-0.15, -0.1) is 5.10 Å². The number of ether oxygens (including phenoxy) is 1. The third-order valence-electron chi connectivity index (χ3n) is 2.91. The lowest BCUT2D eigenvalue weighted by atomic mass is 10.1. The monoisotopic (exact) mass is 241 g/mol. The summed E-state index contributed by atoms with van der Waals surface area (Å²) in [5.41, 5.74) is 0.957. The first-order chi connectivity index (χ1) is 7.75. The molecule has 1 fully saturated rings. The Bertz CT molecular complexity index is 325. The molecular weight excluding hydrogens is 226 g/mol. The van der Waals surface area contributed by atoms with Crippen LogP contribution in [-0.2, 0) is 11.3 Å². The van der Waals surface area contributed by atoms with Crippen LogP contribution in [0.3, 0.4) is 0 Å². The fraction of sp³-hybridized carbons (Fsp3) is 0.636. The maximum Gasteiger partial charge on any atom is 0.151 e. The Morgan fingerprint density at radius 2 is 2.12 bits per heavy atom. The molecule has 0 aromatic carbocycles. The molecule has 0 bridgehead atoms. The molecule has 1 aromatic rings. The molecule has 0 unspecified atom stereocenters. The third-order valence-corrected chi connectivity index (χ3v) is 3.11. The second kappa shape index (κ2) is 5.57. The van der Waals surface area contributed by atoms with Gasteiger partial charge in [-0.05, 0) is 32.0 Å². The number of nitrogens with zero attached hydrogens (tertiary/aromatic N) is 3. The minimum absolute atomic E-state index is 0.442. The lowest BCUT2D eigenvalue weighted by Crippen LogP contribution is -2.36. The summed E-state index contributed by atoms with van der Waals surface area (Å²) in [6, 6.07) is 4.29. The van der Waals surface area contributed by atoms with Crippen LogP contribution in [0.25, 0.3) is 0 Å². The highest BCUT2D eigenvalue weighted by Gasteiger charge is 2.18. The lowest BCUT2D eigenvalue weighted by Gasteiger charge is -2.30. The van der Waals surface area contributed by atoms with Crippen LogP contribution < -0.4 is 0 Å². The van der Waals surface area contributed by atoms with Gasteiger partial charge in [0.25, 0.3) is 0 Å². The van der Waals surface area contributed by atoms with Crippen molar-refractivity contribution >= 4 is 11.6 Å². The first-order valence-corrected chi connectivity index (χ1v) is 5.89. The van der Waals surface area contributed by atoms with Gasteiger partial charge in [0.15, 0.2) is 5.15 Å². The fourth-order valence-corrected chi connectivity index (χ4v) is 2.04. The zero-order chi connectivity index (χ0) is 11.4. The van der Waals surface area contributed by atoms with Crippen molar-refractivity contribution in [3.8, 4) is 0 Å². The molecule has 1 aromatic heterocycles. The molecule has 88 valence electrons. The highest BCUT2D eigenvalue weighted by molar-refractivity contribution is 6.29. The molecule has 0 aliphatic carbocycles. The minimum Gasteiger partial charge on any atom is -0.381 e. The molecule has 0 amide bonds. The summed E-state index contributed by atoms with van der Waals surface area (Å²) in [7, 11) is 2.12. The van der Waals surface area contributed by atoms with Crippen LogP contribution >= 0.6 is 11.6 Å². The number of hydrogen-bond acceptors (Lipinski definition) is 4. The van der Waals surface area contributed by atoms with Crippen LogP contribution in [0.4, 0.5) is 0 Å². The third kappa shape index (κ3) is 3.14. The Kier molecular flexibility index (Phi) is 4.09. The fourth-order valence-electron chi connectivity index (χ4n) is 1.94. The van der Waals surface area contributed by atoms with Crippen molar-refractivity contribution in [2.24, 2.45) is 0 Å². The summed E-state index contributed by atoms with van der Waals surface area (Å²) in [6.07, 6.45) is 2.19. The molecule has 0 N–H and O–H groups in total. The molecule has 16 heavy (non-hydrogen) atoms. The van der Waals surface area contributed by atoms with E-state index in [4.69, 9.17) is 16.3 Å². The van der Waals surface area contributed by atoms with E-state index < -0.39 is 0 Å². The summed E-state index contributed by atoms with van der Waals surface area (Å²) in [5, 5.41) is 8.34. The van der Waals surface area contributed by atoms with Gasteiger partial charge in [-0.2, -0.15) is 5.10 Å². The number of rotatable bonds is 3. The van der Waals surface area contributed by atoms with Crippen LogP contribution in [0.1, 0.15) is 18.5 Å². The first-order valence-electron chi connectivity index (χ1n) is 5.52. The van der Waals surface area contributed by atoms with Crippen LogP contribution in [0.2, 0.25) is 5.15 Å². The van der Waals surface area contributed by atoms with Gasteiger partial charge in [0.1, 0.15) is 0 Å². The van der Waals surface area contributed by atoms with Crippen LogP contribution in [0, 0.1) is 0 Å². The van der Waals surface area contributed by atoms with Crippen LogP contribution in [0.15, 0.2) is 12.1 Å². The molecular formula is C11H16ClN3O. The summed E-state index contributed by atoms with van der Waals surface area (Å²) in [4.78, 5) is 2.31. The zero-order valence-corrected chi connectivity index (χ0v) is 10.2. The van der Waals surface area contributed by atoms with Gasteiger partial charge in [0.2, 0.25) is 0 Å².